The molecule has 9 heteroatoms. The maximum atomic E-state index is 13.3. The number of esters is 2. The van der Waals surface area contributed by atoms with Gasteiger partial charge in [-0.3, -0.25) is 4.90 Å². The molecule has 1 heterocycles. The zero-order chi connectivity index (χ0) is 25.5. The molecule has 9 nitrogen and oxygen atoms in total. The van der Waals surface area contributed by atoms with Crippen LogP contribution in [0.15, 0.2) is 77.1 Å². The Balaban J connectivity index is 1.83. The third-order valence-corrected chi connectivity index (χ3v) is 5.85. The van der Waals surface area contributed by atoms with Crippen LogP contribution in [-0.4, -0.2) is 49.4 Å². The van der Waals surface area contributed by atoms with E-state index >= 15 is 0 Å². The average molecular weight is 482 g/mol. The van der Waals surface area contributed by atoms with Gasteiger partial charge in [-0.05, 0) is 32.0 Å². The number of quaternary nitrogens is 1. The van der Waals surface area contributed by atoms with E-state index in [-0.39, 0.29) is 23.4 Å². The van der Waals surface area contributed by atoms with Crippen molar-refractivity contribution in [2.45, 2.75) is 26.3 Å². The number of benzene rings is 2. The average Bonchev–Trinajstić information content (AvgIpc) is 2.83. The number of carbonyl (C=O) groups excluding carboxylic acids is 2. The molecule has 0 saturated heterocycles. The monoisotopic (exact) mass is 481 g/mol. The second kappa shape index (κ2) is 11.8. The van der Waals surface area contributed by atoms with Gasteiger partial charge in [-0.15, -0.1) is 0 Å². The predicted molar refractivity (Wildman–Crippen MR) is 129 cm³/mol. The van der Waals surface area contributed by atoms with Crippen molar-refractivity contribution in [3.63, 3.8) is 0 Å². The molecule has 186 valence electrons. The van der Waals surface area contributed by atoms with Crippen molar-refractivity contribution in [3.8, 4) is 0 Å². The molecule has 3 rings (SSSR count). The van der Waals surface area contributed by atoms with E-state index < -0.39 is 23.1 Å². The van der Waals surface area contributed by atoms with E-state index in [0.717, 1.165) is 5.56 Å². The molecule has 35 heavy (non-hydrogen) atoms. The summed E-state index contributed by atoms with van der Waals surface area (Å²) >= 11 is 0. The van der Waals surface area contributed by atoms with E-state index in [2.05, 4.69) is 5.32 Å². The van der Waals surface area contributed by atoms with E-state index in [0.29, 0.717) is 30.0 Å². The summed E-state index contributed by atoms with van der Waals surface area (Å²) < 4.78 is 10.6. The van der Waals surface area contributed by atoms with E-state index in [1.54, 1.807) is 26.0 Å². The molecule has 0 saturated carbocycles. The molecule has 2 aromatic carbocycles. The van der Waals surface area contributed by atoms with Crippen LogP contribution < -0.4 is 10.5 Å². The lowest BCUT2D eigenvalue weighted by atomic mass is 9.80. The smallest absolute Gasteiger partial charge is 0.336 e. The fraction of sp³-hybridized carbons (Fsp3) is 0.308. The predicted octanol–water partition coefficient (Wildman–Crippen LogP) is 2.17. The van der Waals surface area contributed by atoms with Crippen LogP contribution in [0.1, 0.15) is 30.9 Å². The largest absolute Gasteiger partial charge is 0.595 e. The van der Waals surface area contributed by atoms with Gasteiger partial charge >= 0.3 is 11.9 Å². The number of ether oxygens (including phenoxy) is 2. The zero-order valence-electron chi connectivity index (χ0n) is 20.3. The molecule has 0 radical (unpaired) electrons. The second-order valence-corrected chi connectivity index (χ2v) is 8.42. The molecular formula is C26H31N3O6. The summed E-state index contributed by atoms with van der Waals surface area (Å²) in [4.78, 5) is 28.0. The lowest BCUT2D eigenvalue weighted by molar-refractivity contribution is -0.991. The van der Waals surface area contributed by atoms with E-state index in [1.807, 2.05) is 42.3 Å². The molecule has 1 aliphatic heterocycles. The lowest BCUT2D eigenvalue weighted by Gasteiger charge is -2.30. The number of rotatable bonds is 9. The number of nitrogens with one attached hydrogen (secondary N) is 2. The van der Waals surface area contributed by atoms with Gasteiger partial charge in [-0.25, -0.2) is 14.8 Å². The van der Waals surface area contributed by atoms with Gasteiger partial charge in [0.1, 0.15) is 6.61 Å². The highest BCUT2D eigenvalue weighted by molar-refractivity contribution is 5.99. The summed E-state index contributed by atoms with van der Waals surface area (Å²) in [6.45, 7) is 4.81. The van der Waals surface area contributed by atoms with Crippen molar-refractivity contribution < 1.29 is 29.5 Å². The number of dihydropyridines is 1. The first-order valence-corrected chi connectivity index (χ1v) is 11.2. The molecule has 0 aromatic heterocycles. The highest BCUT2D eigenvalue weighted by Crippen LogP contribution is 2.39. The Morgan fingerprint density at radius 3 is 2.34 bits per heavy atom. The van der Waals surface area contributed by atoms with E-state index in [4.69, 9.17) is 9.47 Å². The Hall–Kier alpha value is -3.50. The van der Waals surface area contributed by atoms with Crippen LogP contribution in [0, 0.1) is 5.21 Å². The van der Waals surface area contributed by atoms with Crippen LogP contribution in [-0.2, 0) is 25.6 Å². The molecule has 1 aliphatic rings. The minimum Gasteiger partial charge on any atom is -0.595 e. The number of methoxy groups -OCH3 is 1. The van der Waals surface area contributed by atoms with Crippen molar-refractivity contribution in [2.75, 3.05) is 27.3 Å². The zero-order valence-corrected chi connectivity index (χ0v) is 20.3. The third kappa shape index (κ3) is 6.34. The van der Waals surface area contributed by atoms with Crippen LogP contribution >= 0.6 is 0 Å². The Kier molecular flexibility index (Phi) is 8.78. The quantitative estimate of drug-likeness (QED) is 0.369. The molecule has 2 aromatic rings. The molecule has 0 bridgehead atoms. The Morgan fingerprint density at radius 2 is 1.71 bits per heavy atom. The molecule has 0 spiro atoms. The summed E-state index contributed by atoms with van der Waals surface area (Å²) in [7, 11) is 3.20. The summed E-state index contributed by atoms with van der Waals surface area (Å²) in [5.74, 6) is -2.03. The van der Waals surface area contributed by atoms with Crippen molar-refractivity contribution in [1.82, 2.24) is 10.2 Å². The van der Waals surface area contributed by atoms with Crippen molar-refractivity contribution >= 4 is 17.6 Å². The Morgan fingerprint density at radius 1 is 1.06 bits per heavy atom. The topological polar surface area (TPSA) is 116 Å². The molecule has 0 fully saturated rings. The standard InChI is InChI=1S/C26H31N3O6/c1-17-22(25(30)34-4)24(20-11-8-12-21(15-20)29(32)33)23(18(2)27-17)26(31)35-14-13-28(3)16-19-9-6-5-7-10-19/h5-12,15,24,27,29,32H,13-14,16H2,1-4H3. The fourth-order valence-corrected chi connectivity index (χ4v) is 4.18. The summed E-state index contributed by atoms with van der Waals surface area (Å²) in [6, 6.07) is 16.2. The number of hydrogen-bond acceptors (Lipinski definition) is 8. The van der Waals surface area contributed by atoms with Gasteiger partial charge in [0.15, 0.2) is 5.69 Å². The normalized spacial score (nSPS) is 16.7. The maximum Gasteiger partial charge on any atom is 0.336 e. The Bertz CT molecular complexity index is 1130. The van der Waals surface area contributed by atoms with Crippen LogP contribution in [0.5, 0.6) is 0 Å². The van der Waals surface area contributed by atoms with Gasteiger partial charge in [0.2, 0.25) is 0 Å². The molecule has 0 aliphatic carbocycles. The number of allylic oxidation sites excluding steroid dienone is 2. The number of hydrogen-bond donors (Lipinski definition) is 3. The van der Waals surface area contributed by atoms with Gasteiger partial charge in [-0.1, -0.05) is 42.5 Å². The first-order valence-electron chi connectivity index (χ1n) is 11.2. The van der Waals surface area contributed by atoms with Crippen LogP contribution in [0.25, 0.3) is 0 Å². The first kappa shape index (κ1) is 26.1. The highest BCUT2D eigenvalue weighted by Gasteiger charge is 2.38. The highest BCUT2D eigenvalue weighted by atomic mass is 16.8. The third-order valence-electron chi connectivity index (χ3n) is 5.85. The van der Waals surface area contributed by atoms with Crippen molar-refractivity contribution in [1.29, 1.82) is 0 Å². The molecular weight excluding hydrogens is 450 g/mol. The lowest BCUT2D eigenvalue weighted by Crippen LogP contribution is -2.99. The van der Waals surface area contributed by atoms with Gasteiger partial charge in [-0.2, -0.15) is 5.23 Å². The summed E-state index contributed by atoms with van der Waals surface area (Å²) in [6.07, 6.45) is 0. The minimum atomic E-state index is -1.10. The first-order chi connectivity index (χ1) is 16.7. The molecule has 2 unspecified atom stereocenters. The number of likely N-dealkylation sites (N-methyl/N-ethyl adjacent to an activating group) is 1. The SMILES string of the molecule is COC(=O)C1=C(C)NC(C)=C(C(=O)OCCN(C)Cc2ccccc2)C1c1cccc([NH+]([O-])O)c1. The Labute approximate surface area is 204 Å². The van der Waals surface area contributed by atoms with Crippen LogP contribution in [0.3, 0.4) is 0 Å². The fourth-order valence-electron chi connectivity index (χ4n) is 4.18. The summed E-state index contributed by atoms with van der Waals surface area (Å²) in [5.41, 5.74) is 3.22. The van der Waals surface area contributed by atoms with Gasteiger partial charge < -0.3 is 20.0 Å². The molecule has 0 amide bonds. The van der Waals surface area contributed by atoms with Crippen molar-refractivity contribution in [2.24, 2.45) is 0 Å². The number of nitrogens with zero attached hydrogens (tertiary/aromatic N) is 1. The minimum absolute atomic E-state index is 0.0517. The molecule has 2 atom stereocenters. The van der Waals surface area contributed by atoms with Crippen LogP contribution in [0.4, 0.5) is 5.69 Å². The van der Waals surface area contributed by atoms with E-state index in [1.165, 1.54) is 19.2 Å². The van der Waals surface area contributed by atoms with Crippen molar-refractivity contribution in [3.05, 3.63) is 93.5 Å². The maximum absolute atomic E-state index is 13.3. The van der Waals surface area contributed by atoms with Crippen LogP contribution in [0.2, 0.25) is 0 Å². The van der Waals surface area contributed by atoms with Gasteiger partial charge in [0, 0.05) is 36.6 Å². The molecule has 3 N–H and O–H groups in total. The summed E-state index contributed by atoms with van der Waals surface area (Å²) in [5, 5.41) is 23.0. The number of carbonyl (C=O) groups is 2. The van der Waals surface area contributed by atoms with Gasteiger partial charge in [0.05, 0.1) is 24.2 Å². The van der Waals surface area contributed by atoms with E-state index in [9.17, 15) is 20.0 Å². The van der Waals surface area contributed by atoms with Gasteiger partial charge in [0.25, 0.3) is 0 Å². The second-order valence-electron chi connectivity index (χ2n) is 8.42.